The van der Waals surface area contributed by atoms with Crippen molar-refractivity contribution in [1.82, 2.24) is 0 Å². The largest absolute Gasteiger partial charge is 0.493 e. The Morgan fingerprint density at radius 1 is 1.19 bits per heavy atom. The number of carbonyl (C=O) groups is 2. The van der Waals surface area contributed by atoms with Crippen molar-refractivity contribution in [1.29, 1.82) is 5.26 Å². The first-order chi connectivity index (χ1) is 15.4. The predicted molar refractivity (Wildman–Crippen MR) is 125 cm³/mol. The molecule has 170 valence electrons. The molecule has 7 nitrogen and oxygen atoms in total. The number of methoxy groups -OCH3 is 2. The number of unbranched alkanes of at least 4 members (excludes halogenated alkanes) is 2. The minimum atomic E-state index is -0.613. The molecule has 0 atom stereocenters. The number of nitrogens with zero attached hydrogens (tertiary/aromatic N) is 1. The van der Waals surface area contributed by atoms with Gasteiger partial charge in [0, 0.05) is 4.88 Å². The van der Waals surface area contributed by atoms with Gasteiger partial charge in [-0.25, -0.2) is 4.79 Å². The molecule has 1 heterocycles. The third-order valence-electron chi connectivity index (χ3n) is 4.87. The van der Waals surface area contributed by atoms with E-state index in [0.717, 1.165) is 29.7 Å². The van der Waals surface area contributed by atoms with E-state index in [1.54, 1.807) is 25.1 Å². The van der Waals surface area contributed by atoms with E-state index in [1.807, 2.05) is 13.0 Å². The van der Waals surface area contributed by atoms with E-state index in [9.17, 15) is 14.9 Å². The zero-order chi connectivity index (χ0) is 23.7. The van der Waals surface area contributed by atoms with E-state index >= 15 is 0 Å². The van der Waals surface area contributed by atoms with Gasteiger partial charge in [0.15, 0.2) is 11.5 Å². The quantitative estimate of drug-likeness (QED) is 0.226. The number of hydrogen-bond acceptors (Lipinski definition) is 7. The van der Waals surface area contributed by atoms with Gasteiger partial charge in [-0.05, 0) is 49.6 Å². The van der Waals surface area contributed by atoms with Gasteiger partial charge in [-0.2, -0.15) is 5.26 Å². The Morgan fingerprint density at radius 2 is 1.94 bits per heavy atom. The summed E-state index contributed by atoms with van der Waals surface area (Å²) in [6.45, 7) is 6.35. The third kappa shape index (κ3) is 6.11. The van der Waals surface area contributed by atoms with Gasteiger partial charge in [-0.3, -0.25) is 4.79 Å². The second-order valence-corrected chi connectivity index (χ2v) is 8.29. The summed E-state index contributed by atoms with van der Waals surface area (Å²) in [5.41, 5.74) is 1.54. The first-order valence-corrected chi connectivity index (χ1v) is 11.1. The standard InChI is InChI=1S/C24H28N2O5S/c1-6-7-8-11-31-19-10-9-17(13-20(19)29-4)12-18(14-25)22(27)26-23-21(24(28)30-5)15(2)16(3)32-23/h9-10,12-13H,6-8,11H2,1-5H3,(H,26,27)/b18-12-. The first kappa shape index (κ1) is 25.0. The number of esters is 1. The molecule has 2 rings (SSSR count). The highest BCUT2D eigenvalue weighted by molar-refractivity contribution is 7.16. The zero-order valence-electron chi connectivity index (χ0n) is 19.0. The molecule has 0 aliphatic carbocycles. The SMILES string of the molecule is CCCCCOc1ccc(/C=C(/C#N)C(=O)Nc2sc(C)c(C)c2C(=O)OC)cc1OC. The van der Waals surface area contributed by atoms with Crippen molar-refractivity contribution < 1.29 is 23.8 Å². The number of nitriles is 1. The molecular weight excluding hydrogens is 428 g/mol. The molecule has 1 aromatic carbocycles. The van der Waals surface area contributed by atoms with Gasteiger partial charge in [0.25, 0.3) is 5.91 Å². The lowest BCUT2D eigenvalue weighted by Crippen LogP contribution is -2.15. The second kappa shape index (κ2) is 11.9. The number of rotatable bonds is 10. The van der Waals surface area contributed by atoms with Gasteiger partial charge >= 0.3 is 5.97 Å². The van der Waals surface area contributed by atoms with Crippen LogP contribution < -0.4 is 14.8 Å². The highest BCUT2D eigenvalue weighted by atomic mass is 32.1. The van der Waals surface area contributed by atoms with Crippen LogP contribution in [0.3, 0.4) is 0 Å². The summed E-state index contributed by atoms with van der Waals surface area (Å²) in [6, 6.07) is 7.13. The lowest BCUT2D eigenvalue weighted by molar-refractivity contribution is -0.112. The molecule has 0 aliphatic rings. The Bertz CT molecular complexity index is 1050. The topological polar surface area (TPSA) is 97.7 Å². The molecule has 1 amide bonds. The molecule has 2 aromatic rings. The van der Waals surface area contributed by atoms with E-state index in [4.69, 9.17) is 14.2 Å². The number of nitrogens with one attached hydrogen (secondary N) is 1. The maximum absolute atomic E-state index is 12.8. The van der Waals surface area contributed by atoms with Crippen LogP contribution in [0.4, 0.5) is 5.00 Å². The van der Waals surface area contributed by atoms with Gasteiger partial charge in [0.1, 0.15) is 16.6 Å². The van der Waals surface area contributed by atoms with Gasteiger partial charge in [0.05, 0.1) is 26.4 Å². The third-order valence-corrected chi connectivity index (χ3v) is 5.99. The monoisotopic (exact) mass is 456 g/mol. The molecule has 0 spiro atoms. The van der Waals surface area contributed by atoms with E-state index in [-0.39, 0.29) is 5.57 Å². The summed E-state index contributed by atoms with van der Waals surface area (Å²) in [5.74, 6) is -0.0249. The number of ether oxygens (including phenoxy) is 3. The summed E-state index contributed by atoms with van der Waals surface area (Å²) in [7, 11) is 2.82. The molecule has 0 aliphatic heterocycles. The van der Waals surface area contributed by atoms with Gasteiger partial charge in [0.2, 0.25) is 0 Å². The van der Waals surface area contributed by atoms with Crippen molar-refractivity contribution in [2.24, 2.45) is 0 Å². The zero-order valence-corrected chi connectivity index (χ0v) is 19.9. The number of thiophene rings is 1. The summed E-state index contributed by atoms with van der Waals surface area (Å²) in [6.07, 6.45) is 4.61. The Morgan fingerprint density at radius 3 is 2.56 bits per heavy atom. The van der Waals surface area contributed by atoms with Crippen molar-refractivity contribution in [3.63, 3.8) is 0 Å². The van der Waals surface area contributed by atoms with E-state index < -0.39 is 11.9 Å². The fourth-order valence-corrected chi connectivity index (χ4v) is 4.02. The second-order valence-electron chi connectivity index (χ2n) is 7.07. The van der Waals surface area contributed by atoms with Crippen LogP contribution in [0.5, 0.6) is 11.5 Å². The summed E-state index contributed by atoms with van der Waals surface area (Å²) < 4.78 is 16.0. The van der Waals surface area contributed by atoms with E-state index in [0.29, 0.717) is 34.2 Å². The number of anilines is 1. The van der Waals surface area contributed by atoms with Crippen LogP contribution in [0, 0.1) is 25.2 Å². The average Bonchev–Trinajstić information content (AvgIpc) is 3.07. The smallest absolute Gasteiger partial charge is 0.341 e. The summed E-state index contributed by atoms with van der Waals surface area (Å²) in [5, 5.41) is 12.6. The Balaban J connectivity index is 2.24. The van der Waals surface area contributed by atoms with Crippen LogP contribution in [0.15, 0.2) is 23.8 Å². The minimum absolute atomic E-state index is 0.108. The highest BCUT2D eigenvalue weighted by Crippen LogP contribution is 2.33. The minimum Gasteiger partial charge on any atom is -0.493 e. The fourth-order valence-electron chi connectivity index (χ4n) is 2.98. The number of aryl methyl sites for hydroxylation is 1. The van der Waals surface area contributed by atoms with Crippen molar-refractivity contribution in [2.45, 2.75) is 40.0 Å². The van der Waals surface area contributed by atoms with Crippen molar-refractivity contribution >= 4 is 34.3 Å². The fraction of sp³-hybridized carbons (Fsp3) is 0.375. The summed E-state index contributed by atoms with van der Waals surface area (Å²) >= 11 is 1.26. The molecule has 0 saturated carbocycles. The van der Waals surface area contributed by atoms with Crippen LogP contribution in [0.1, 0.15) is 52.5 Å². The van der Waals surface area contributed by atoms with E-state index in [1.165, 1.54) is 31.6 Å². The van der Waals surface area contributed by atoms with Gasteiger partial charge < -0.3 is 19.5 Å². The number of hydrogen-bond donors (Lipinski definition) is 1. The number of benzene rings is 1. The summed E-state index contributed by atoms with van der Waals surface area (Å²) in [4.78, 5) is 25.8. The average molecular weight is 457 g/mol. The van der Waals surface area contributed by atoms with Crippen LogP contribution in [0.2, 0.25) is 0 Å². The first-order valence-electron chi connectivity index (χ1n) is 10.3. The van der Waals surface area contributed by atoms with Crippen molar-refractivity contribution in [3.05, 3.63) is 45.3 Å². The molecule has 0 radical (unpaired) electrons. The van der Waals surface area contributed by atoms with Crippen LogP contribution in [0.25, 0.3) is 6.08 Å². The maximum Gasteiger partial charge on any atom is 0.341 e. The number of carbonyl (C=O) groups excluding carboxylic acids is 2. The normalized spacial score (nSPS) is 10.9. The van der Waals surface area contributed by atoms with Crippen LogP contribution in [-0.2, 0) is 9.53 Å². The molecule has 1 aromatic heterocycles. The molecule has 0 unspecified atom stereocenters. The lowest BCUT2D eigenvalue weighted by atomic mass is 10.1. The molecule has 8 heteroatoms. The highest BCUT2D eigenvalue weighted by Gasteiger charge is 2.22. The molecule has 0 bridgehead atoms. The van der Waals surface area contributed by atoms with Crippen molar-refractivity contribution in [3.8, 4) is 17.6 Å². The Kier molecular flexibility index (Phi) is 9.29. The maximum atomic E-state index is 12.8. The molecule has 1 N–H and O–H groups in total. The van der Waals surface area contributed by atoms with Crippen LogP contribution in [-0.4, -0.2) is 32.7 Å². The van der Waals surface area contributed by atoms with Gasteiger partial charge in [-0.15, -0.1) is 11.3 Å². The Hall–Kier alpha value is -3.31. The molecule has 0 saturated heterocycles. The van der Waals surface area contributed by atoms with E-state index in [2.05, 4.69) is 12.2 Å². The lowest BCUT2D eigenvalue weighted by Gasteiger charge is -2.11. The predicted octanol–water partition coefficient (Wildman–Crippen LogP) is 5.27. The van der Waals surface area contributed by atoms with Crippen LogP contribution >= 0.6 is 11.3 Å². The van der Waals surface area contributed by atoms with Crippen molar-refractivity contribution in [2.75, 3.05) is 26.1 Å². The van der Waals surface area contributed by atoms with Gasteiger partial charge in [-0.1, -0.05) is 25.8 Å². The number of amides is 1. The molecular formula is C24H28N2O5S. The molecule has 0 fully saturated rings. The Labute approximate surface area is 192 Å². The molecule has 32 heavy (non-hydrogen) atoms.